The molecule has 6 nitrogen and oxygen atoms in total. The molecule has 0 aromatic heterocycles. The first-order valence-corrected chi connectivity index (χ1v) is 10.1. The number of benzene rings is 1. The van der Waals surface area contributed by atoms with E-state index in [0.29, 0.717) is 18.8 Å². The minimum absolute atomic E-state index is 0.137. The third kappa shape index (κ3) is 3.42. The molecule has 1 N–H and O–H groups in total. The summed E-state index contributed by atoms with van der Waals surface area (Å²) in [6.45, 7) is 0.408. The summed E-state index contributed by atoms with van der Waals surface area (Å²) >= 11 is -2.07. The van der Waals surface area contributed by atoms with Crippen molar-refractivity contribution in [2.75, 3.05) is 25.4 Å². The first-order valence-electron chi connectivity index (χ1n) is 7.35. The molecule has 128 valence electrons. The second-order valence-corrected chi connectivity index (χ2v) is 8.70. The van der Waals surface area contributed by atoms with Crippen LogP contribution in [-0.2, 0) is 27.5 Å². The Morgan fingerprint density at radius 2 is 2.22 bits per heavy atom. The van der Waals surface area contributed by atoms with E-state index in [1.807, 2.05) is 0 Å². The number of fused-ring (bicyclic) bond motifs is 1. The Morgan fingerprint density at radius 1 is 1.43 bits per heavy atom. The van der Waals surface area contributed by atoms with Gasteiger partial charge in [-0.2, -0.15) is 4.31 Å². The van der Waals surface area contributed by atoms with Gasteiger partial charge in [-0.05, 0) is 30.2 Å². The molecule has 0 saturated carbocycles. The minimum Gasteiger partial charge on any atom is -0.493 e. The van der Waals surface area contributed by atoms with Crippen LogP contribution in [0.5, 0.6) is 5.75 Å². The van der Waals surface area contributed by atoms with Crippen LogP contribution < -0.4 is 4.74 Å². The molecule has 0 radical (unpaired) electrons. The van der Waals surface area contributed by atoms with Crippen LogP contribution in [0, 0.1) is 5.92 Å². The number of piperidine rings is 1. The highest BCUT2D eigenvalue weighted by Gasteiger charge is 2.36. The number of rotatable bonds is 4. The van der Waals surface area contributed by atoms with Crippen molar-refractivity contribution >= 4 is 21.1 Å². The molecule has 2 heterocycles. The molecule has 1 fully saturated rings. The maximum Gasteiger partial charge on any atom is 0.243 e. The van der Waals surface area contributed by atoms with Crippen LogP contribution in [0.3, 0.4) is 0 Å². The van der Waals surface area contributed by atoms with E-state index in [4.69, 9.17) is 9.29 Å². The summed E-state index contributed by atoms with van der Waals surface area (Å²) in [5.74, 6) is -0.0530. The van der Waals surface area contributed by atoms with Gasteiger partial charge in [0.15, 0.2) is 11.1 Å². The molecule has 0 aliphatic carbocycles. The topological polar surface area (TPSA) is 83.9 Å². The average Bonchev–Trinajstić information content (AvgIpc) is 2.96. The van der Waals surface area contributed by atoms with Crippen molar-refractivity contribution in [3.8, 4) is 5.75 Å². The maximum atomic E-state index is 14.2. The molecule has 2 unspecified atom stereocenters. The van der Waals surface area contributed by atoms with Crippen molar-refractivity contribution < 1.29 is 26.3 Å². The molecule has 3 rings (SSSR count). The summed E-state index contributed by atoms with van der Waals surface area (Å²) < 4.78 is 65.7. The van der Waals surface area contributed by atoms with Gasteiger partial charge in [-0.15, -0.1) is 0 Å². The molecule has 0 amide bonds. The zero-order valence-electron chi connectivity index (χ0n) is 12.4. The van der Waals surface area contributed by atoms with Crippen molar-refractivity contribution in [1.29, 1.82) is 0 Å². The lowest BCUT2D eigenvalue weighted by atomic mass is 9.98. The third-order valence-corrected chi connectivity index (χ3v) is 6.87. The maximum absolute atomic E-state index is 14.2. The Labute approximate surface area is 137 Å². The SMILES string of the molecule is O=S(O)CC1CCN(S(=O)(=O)c2ccc3c(c2)CCO3)C[C@@H]1F. The molecule has 9 heteroatoms. The lowest BCUT2D eigenvalue weighted by molar-refractivity contribution is 0.145. The normalized spacial score (nSPS) is 26.5. The summed E-state index contributed by atoms with van der Waals surface area (Å²) in [6.07, 6.45) is -0.539. The van der Waals surface area contributed by atoms with Crippen molar-refractivity contribution in [2.45, 2.75) is 23.9 Å². The summed E-state index contributed by atoms with van der Waals surface area (Å²) in [5, 5.41) is 0. The zero-order valence-corrected chi connectivity index (χ0v) is 14.0. The first-order chi connectivity index (χ1) is 10.9. The highest BCUT2D eigenvalue weighted by atomic mass is 32.2. The van der Waals surface area contributed by atoms with E-state index in [1.54, 1.807) is 12.1 Å². The third-order valence-electron chi connectivity index (χ3n) is 4.29. The molecule has 0 spiro atoms. The van der Waals surface area contributed by atoms with Crippen LogP contribution in [0.4, 0.5) is 4.39 Å². The van der Waals surface area contributed by atoms with Gasteiger partial charge in [-0.3, -0.25) is 0 Å². The predicted octanol–water partition coefficient (Wildman–Crippen LogP) is 1.19. The van der Waals surface area contributed by atoms with Gasteiger partial charge in [0.05, 0.1) is 17.3 Å². The van der Waals surface area contributed by atoms with E-state index >= 15 is 0 Å². The molecule has 2 aliphatic heterocycles. The van der Waals surface area contributed by atoms with Crippen LogP contribution in [0.15, 0.2) is 23.1 Å². The van der Waals surface area contributed by atoms with Crippen LogP contribution in [0.2, 0.25) is 0 Å². The molecule has 1 aromatic rings. The Hall–Kier alpha value is -1.03. The van der Waals surface area contributed by atoms with Crippen molar-refractivity contribution in [3.05, 3.63) is 23.8 Å². The quantitative estimate of drug-likeness (QED) is 0.813. The molecular formula is C14H18FNO5S2. The lowest BCUT2D eigenvalue weighted by Crippen LogP contribution is -2.46. The number of halogens is 1. The predicted molar refractivity (Wildman–Crippen MR) is 83.0 cm³/mol. The zero-order chi connectivity index (χ0) is 16.6. The number of ether oxygens (including phenoxy) is 1. The highest BCUT2D eigenvalue weighted by Crippen LogP contribution is 2.31. The summed E-state index contributed by atoms with van der Waals surface area (Å²) in [6, 6.07) is 4.69. The molecular weight excluding hydrogens is 345 g/mol. The number of nitrogens with zero attached hydrogens (tertiary/aromatic N) is 1. The fourth-order valence-electron chi connectivity index (χ4n) is 2.99. The van der Waals surface area contributed by atoms with E-state index in [1.165, 1.54) is 6.07 Å². The number of alkyl halides is 1. The van der Waals surface area contributed by atoms with Crippen molar-refractivity contribution in [2.24, 2.45) is 5.92 Å². The second-order valence-electron chi connectivity index (χ2n) is 5.78. The van der Waals surface area contributed by atoms with E-state index in [9.17, 15) is 17.0 Å². The Balaban J connectivity index is 1.77. The highest BCUT2D eigenvalue weighted by molar-refractivity contribution is 7.89. The first kappa shape index (κ1) is 16.8. The van der Waals surface area contributed by atoms with Crippen molar-refractivity contribution in [1.82, 2.24) is 4.31 Å². The lowest BCUT2D eigenvalue weighted by Gasteiger charge is -2.33. The summed E-state index contributed by atoms with van der Waals surface area (Å²) in [5.41, 5.74) is 0.841. The summed E-state index contributed by atoms with van der Waals surface area (Å²) in [4.78, 5) is 0.137. The average molecular weight is 363 g/mol. The van der Waals surface area contributed by atoms with Gasteiger partial charge >= 0.3 is 0 Å². The molecule has 23 heavy (non-hydrogen) atoms. The van der Waals surface area contributed by atoms with E-state index in [2.05, 4.69) is 0 Å². The fourth-order valence-corrected chi connectivity index (χ4v) is 5.24. The van der Waals surface area contributed by atoms with Gasteiger partial charge in [0.2, 0.25) is 10.0 Å². The van der Waals surface area contributed by atoms with Gasteiger partial charge < -0.3 is 9.29 Å². The van der Waals surface area contributed by atoms with Gasteiger partial charge in [0.25, 0.3) is 0 Å². The van der Waals surface area contributed by atoms with Gasteiger partial charge in [-0.25, -0.2) is 17.0 Å². The van der Waals surface area contributed by atoms with Gasteiger partial charge in [-0.1, -0.05) is 0 Å². The Kier molecular flexibility index (Phi) is 4.73. The molecule has 2 aliphatic rings. The van der Waals surface area contributed by atoms with Gasteiger partial charge in [0.1, 0.15) is 11.9 Å². The van der Waals surface area contributed by atoms with Gasteiger partial charge in [0, 0.05) is 25.4 Å². The summed E-state index contributed by atoms with van der Waals surface area (Å²) in [7, 11) is -3.77. The number of sulfonamides is 1. The minimum atomic E-state index is -3.77. The second kappa shape index (κ2) is 6.46. The fraction of sp³-hybridized carbons (Fsp3) is 0.571. The van der Waals surface area contributed by atoms with Crippen LogP contribution in [0.25, 0.3) is 0 Å². The Morgan fingerprint density at radius 3 is 2.91 bits per heavy atom. The van der Waals surface area contributed by atoms with Crippen LogP contribution in [-0.4, -0.2) is 53.1 Å². The van der Waals surface area contributed by atoms with E-state index in [-0.39, 0.29) is 30.2 Å². The molecule has 1 saturated heterocycles. The monoisotopic (exact) mass is 363 g/mol. The van der Waals surface area contributed by atoms with E-state index < -0.39 is 33.2 Å². The molecule has 0 bridgehead atoms. The standard InChI is InChI=1S/C14H18FNO5S2/c15-13-8-16(5-3-11(13)9-22(17)18)23(19,20)12-1-2-14-10(7-12)4-6-21-14/h1-2,7,11,13H,3-6,8-9H2,(H,17,18)/t11?,13-/m0/s1. The Bertz CT molecular complexity index is 724. The van der Waals surface area contributed by atoms with Crippen LogP contribution in [0.1, 0.15) is 12.0 Å². The number of hydrogen-bond acceptors (Lipinski definition) is 4. The largest absolute Gasteiger partial charge is 0.493 e. The van der Waals surface area contributed by atoms with Crippen LogP contribution >= 0.6 is 0 Å². The van der Waals surface area contributed by atoms with Crippen molar-refractivity contribution in [3.63, 3.8) is 0 Å². The number of hydrogen-bond donors (Lipinski definition) is 1. The molecule has 3 atom stereocenters. The van der Waals surface area contributed by atoms with E-state index in [0.717, 1.165) is 9.87 Å². The molecule has 1 aromatic carbocycles. The smallest absolute Gasteiger partial charge is 0.243 e.